The highest BCUT2D eigenvalue weighted by Crippen LogP contribution is 2.25. The molecule has 0 unspecified atom stereocenters. The summed E-state index contributed by atoms with van der Waals surface area (Å²) < 4.78 is 0. The number of alkyl halides is 1. The lowest BCUT2D eigenvalue weighted by molar-refractivity contribution is 0.121. The Bertz CT molecular complexity index is 200. The Morgan fingerprint density at radius 2 is 1.71 bits per heavy atom. The van der Waals surface area contributed by atoms with Gasteiger partial charge in [0.15, 0.2) is 0 Å². The molecule has 1 aliphatic heterocycles. The van der Waals surface area contributed by atoms with Gasteiger partial charge in [0.25, 0.3) is 0 Å². The zero-order valence-corrected chi connectivity index (χ0v) is 12.6. The van der Waals surface area contributed by atoms with E-state index < -0.39 is 0 Å². The largest absolute Gasteiger partial charge is 0.303 e. The molecule has 2 aliphatic rings. The van der Waals surface area contributed by atoms with E-state index in [-0.39, 0.29) is 0 Å². The van der Waals surface area contributed by atoms with Crippen molar-refractivity contribution in [3.8, 4) is 0 Å². The van der Waals surface area contributed by atoms with Crippen molar-refractivity contribution in [3.05, 3.63) is 0 Å². The van der Waals surface area contributed by atoms with Gasteiger partial charge < -0.3 is 9.80 Å². The van der Waals surface area contributed by atoms with Crippen molar-refractivity contribution in [1.82, 2.24) is 9.80 Å². The van der Waals surface area contributed by atoms with Crippen LogP contribution in [0.15, 0.2) is 0 Å². The number of nitrogens with zero attached hydrogens (tertiary/aromatic N) is 2. The third-order valence-corrected chi connectivity index (χ3v) is 4.85. The second-order valence-electron chi connectivity index (χ2n) is 5.57. The summed E-state index contributed by atoms with van der Waals surface area (Å²) in [5.74, 6) is 0. The summed E-state index contributed by atoms with van der Waals surface area (Å²) in [5, 5.41) is 1.16. The summed E-state index contributed by atoms with van der Waals surface area (Å²) >= 11 is 3.55. The molecule has 0 atom stereocenters. The van der Waals surface area contributed by atoms with Crippen LogP contribution >= 0.6 is 15.9 Å². The van der Waals surface area contributed by atoms with Crippen LogP contribution in [0, 0.1) is 0 Å². The molecule has 0 N–H and O–H groups in total. The van der Waals surface area contributed by atoms with Gasteiger partial charge in [0.1, 0.15) is 0 Å². The minimum Gasteiger partial charge on any atom is -0.303 e. The average molecular weight is 303 g/mol. The molecular weight excluding hydrogens is 276 g/mol. The molecule has 2 fully saturated rings. The first kappa shape index (κ1) is 13.8. The van der Waals surface area contributed by atoms with Gasteiger partial charge in [-0.1, -0.05) is 22.4 Å². The lowest BCUT2D eigenvalue weighted by Crippen LogP contribution is -2.42. The van der Waals surface area contributed by atoms with Crippen molar-refractivity contribution in [2.45, 2.75) is 51.0 Å². The van der Waals surface area contributed by atoms with E-state index in [9.17, 15) is 0 Å². The van der Waals surface area contributed by atoms with E-state index in [2.05, 4.69) is 25.7 Å². The van der Waals surface area contributed by atoms with Crippen LogP contribution < -0.4 is 0 Å². The zero-order chi connectivity index (χ0) is 11.9. The summed E-state index contributed by atoms with van der Waals surface area (Å²) in [5.41, 5.74) is 0. The quantitative estimate of drug-likeness (QED) is 0.636. The molecule has 0 aromatic carbocycles. The molecule has 1 aliphatic carbocycles. The van der Waals surface area contributed by atoms with Crippen LogP contribution in [0.25, 0.3) is 0 Å². The molecule has 1 heterocycles. The van der Waals surface area contributed by atoms with Gasteiger partial charge in [0.05, 0.1) is 0 Å². The molecule has 0 radical (unpaired) electrons. The van der Waals surface area contributed by atoms with Gasteiger partial charge in [-0.25, -0.2) is 0 Å². The molecule has 1 saturated heterocycles. The summed E-state index contributed by atoms with van der Waals surface area (Å²) in [6.07, 6.45) is 9.89. The van der Waals surface area contributed by atoms with Crippen molar-refractivity contribution in [1.29, 1.82) is 0 Å². The van der Waals surface area contributed by atoms with Crippen LogP contribution in [0.1, 0.15) is 44.9 Å². The van der Waals surface area contributed by atoms with E-state index in [1.54, 1.807) is 0 Å². The molecule has 3 heteroatoms. The van der Waals surface area contributed by atoms with Crippen LogP contribution in [0.3, 0.4) is 0 Å². The summed E-state index contributed by atoms with van der Waals surface area (Å²) in [7, 11) is 0. The molecule has 0 aromatic rings. The maximum absolute atomic E-state index is 3.55. The topological polar surface area (TPSA) is 6.48 Å². The molecular formula is C14H27BrN2. The Labute approximate surface area is 115 Å². The van der Waals surface area contributed by atoms with E-state index >= 15 is 0 Å². The Kier molecular flexibility index (Phi) is 6.30. The second kappa shape index (κ2) is 7.75. The SMILES string of the molecule is BrCCCN(CCCN1CCCC1)C1CCC1. The van der Waals surface area contributed by atoms with Gasteiger partial charge in [0, 0.05) is 11.4 Å². The van der Waals surface area contributed by atoms with Crippen LogP contribution in [0.4, 0.5) is 0 Å². The van der Waals surface area contributed by atoms with Crippen molar-refractivity contribution in [3.63, 3.8) is 0 Å². The van der Waals surface area contributed by atoms with Gasteiger partial charge in [0.2, 0.25) is 0 Å². The normalized spacial score (nSPS) is 22.2. The minimum absolute atomic E-state index is 0.924. The zero-order valence-electron chi connectivity index (χ0n) is 11.0. The number of likely N-dealkylation sites (tertiary alicyclic amines) is 1. The standard InChI is InChI=1S/C14H27BrN2/c15-8-4-12-17(14-6-3-7-14)13-5-11-16-9-1-2-10-16/h14H,1-13H2. The first-order valence-corrected chi connectivity index (χ1v) is 8.54. The Balaban J connectivity index is 1.61. The molecule has 1 saturated carbocycles. The number of hydrogen-bond acceptors (Lipinski definition) is 2. The Morgan fingerprint density at radius 1 is 1.00 bits per heavy atom. The van der Waals surface area contributed by atoms with Crippen molar-refractivity contribution >= 4 is 15.9 Å². The smallest absolute Gasteiger partial charge is 0.00952 e. The van der Waals surface area contributed by atoms with Crippen molar-refractivity contribution in [2.75, 3.05) is 38.1 Å². The van der Waals surface area contributed by atoms with Gasteiger partial charge in [-0.15, -0.1) is 0 Å². The van der Waals surface area contributed by atoms with Gasteiger partial charge in [-0.2, -0.15) is 0 Å². The summed E-state index contributed by atoms with van der Waals surface area (Å²) in [6, 6.07) is 0.924. The average Bonchev–Trinajstić information content (AvgIpc) is 2.76. The fourth-order valence-electron chi connectivity index (χ4n) is 3.00. The highest BCUT2D eigenvalue weighted by molar-refractivity contribution is 9.09. The predicted molar refractivity (Wildman–Crippen MR) is 77.9 cm³/mol. The van der Waals surface area contributed by atoms with E-state index in [0.29, 0.717) is 0 Å². The number of rotatable bonds is 8. The molecule has 100 valence electrons. The third kappa shape index (κ3) is 4.53. The Morgan fingerprint density at radius 3 is 2.29 bits per heavy atom. The number of halogens is 1. The fraction of sp³-hybridized carbons (Fsp3) is 1.00. The van der Waals surface area contributed by atoms with Crippen LogP contribution in [0.5, 0.6) is 0 Å². The third-order valence-electron chi connectivity index (χ3n) is 4.29. The van der Waals surface area contributed by atoms with Gasteiger partial charge in [-0.3, -0.25) is 0 Å². The van der Waals surface area contributed by atoms with Crippen molar-refractivity contribution < 1.29 is 0 Å². The lowest BCUT2D eigenvalue weighted by Gasteiger charge is -2.38. The Hall–Kier alpha value is 0.400. The lowest BCUT2D eigenvalue weighted by atomic mass is 9.91. The maximum atomic E-state index is 3.55. The maximum Gasteiger partial charge on any atom is 0.00952 e. The molecule has 0 bridgehead atoms. The first-order chi connectivity index (χ1) is 8.40. The van der Waals surface area contributed by atoms with Gasteiger partial charge >= 0.3 is 0 Å². The van der Waals surface area contributed by atoms with Crippen LogP contribution in [-0.4, -0.2) is 53.9 Å². The van der Waals surface area contributed by atoms with Crippen molar-refractivity contribution in [2.24, 2.45) is 0 Å². The fourth-order valence-corrected chi connectivity index (χ4v) is 3.25. The second-order valence-corrected chi connectivity index (χ2v) is 6.36. The molecule has 0 aromatic heterocycles. The highest BCUT2D eigenvalue weighted by Gasteiger charge is 2.24. The van der Waals surface area contributed by atoms with Gasteiger partial charge in [-0.05, 0) is 71.2 Å². The van der Waals surface area contributed by atoms with E-state index in [1.165, 1.54) is 77.7 Å². The van der Waals surface area contributed by atoms with Crippen LogP contribution in [0.2, 0.25) is 0 Å². The monoisotopic (exact) mass is 302 g/mol. The summed E-state index contributed by atoms with van der Waals surface area (Å²) in [6.45, 7) is 6.66. The first-order valence-electron chi connectivity index (χ1n) is 7.42. The summed E-state index contributed by atoms with van der Waals surface area (Å²) in [4.78, 5) is 5.39. The van der Waals surface area contributed by atoms with E-state index in [0.717, 1.165) is 11.4 Å². The molecule has 0 amide bonds. The minimum atomic E-state index is 0.924. The molecule has 2 rings (SSSR count). The van der Waals surface area contributed by atoms with E-state index in [4.69, 9.17) is 0 Å². The molecule has 17 heavy (non-hydrogen) atoms. The molecule has 0 spiro atoms. The van der Waals surface area contributed by atoms with Crippen LogP contribution in [-0.2, 0) is 0 Å². The molecule has 2 nitrogen and oxygen atoms in total. The predicted octanol–water partition coefficient (Wildman–Crippen LogP) is 3.11. The van der Waals surface area contributed by atoms with E-state index in [1.807, 2.05) is 0 Å². The highest BCUT2D eigenvalue weighted by atomic mass is 79.9. The number of hydrogen-bond donors (Lipinski definition) is 0.